The molecule has 1 atom stereocenters. The first-order chi connectivity index (χ1) is 7.38. The Morgan fingerprint density at radius 1 is 1.47 bits per heavy atom. The first-order valence-corrected chi connectivity index (χ1v) is 5.30. The van der Waals surface area contributed by atoms with E-state index in [4.69, 9.17) is 5.73 Å². The van der Waals surface area contributed by atoms with Crippen molar-refractivity contribution in [3.8, 4) is 0 Å². The minimum absolute atomic E-state index is 0.463. The lowest BCUT2D eigenvalue weighted by atomic mass is 10.0. The molecule has 1 saturated heterocycles. The van der Waals surface area contributed by atoms with Crippen LogP contribution in [-0.4, -0.2) is 29.1 Å². The highest BCUT2D eigenvalue weighted by Gasteiger charge is 2.28. The average Bonchev–Trinajstić information content (AvgIpc) is 2.59. The Labute approximate surface area is 88.1 Å². The van der Waals surface area contributed by atoms with E-state index < -0.39 is 0 Å². The summed E-state index contributed by atoms with van der Waals surface area (Å²) in [7, 11) is 0. The van der Waals surface area contributed by atoms with Crippen LogP contribution in [0, 0.1) is 0 Å². The summed E-state index contributed by atoms with van der Waals surface area (Å²) in [5.41, 5.74) is 7.79. The SMILES string of the molecule is NCC1CCN1c1nc2ccccc2[nH]1. The third kappa shape index (κ3) is 1.29. The van der Waals surface area contributed by atoms with Crippen molar-refractivity contribution in [3.63, 3.8) is 0 Å². The Bertz CT molecular complexity index is 441. The van der Waals surface area contributed by atoms with Crippen molar-refractivity contribution < 1.29 is 0 Å². The maximum absolute atomic E-state index is 5.67. The number of hydrogen-bond acceptors (Lipinski definition) is 3. The number of fused-ring (bicyclic) bond motifs is 1. The fourth-order valence-electron chi connectivity index (χ4n) is 2.04. The molecule has 1 aromatic carbocycles. The predicted molar refractivity (Wildman–Crippen MR) is 60.9 cm³/mol. The van der Waals surface area contributed by atoms with Crippen molar-refractivity contribution in [2.75, 3.05) is 18.0 Å². The van der Waals surface area contributed by atoms with Crippen LogP contribution in [0.25, 0.3) is 11.0 Å². The summed E-state index contributed by atoms with van der Waals surface area (Å²) < 4.78 is 0. The number of aromatic nitrogens is 2. The van der Waals surface area contributed by atoms with E-state index in [-0.39, 0.29) is 0 Å². The van der Waals surface area contributed by atoms with Crippen LogP contribution in [0.15, 0.2) is 24.3 Å². The number of rotatable bonds is 2. The third-order valence-electron chi connectivity index (χ3n) is 3.07. The second kappa shape index (κ2) is 3.24. The molecule has 15 heavy (non-hydrogen) atoms. The summed E-state index contributed by atoms with van der Waals surface area (Å²) in [4.78, 5) is 10.1. The predicted octanol–water partition coefficient (Wildman–Crippen LogP) is 1.10. The van der Waals surface area contributed by atoms with E-state index in [2.05, 4.69) is 14.9 Å². The second-order valence-corrected chi connectivity index (χ2v) is 3.95. The lowest BCUT2D eigenvalue weighted by molar-refractivity contribution is 0.449. The highest BCUT2D eigenvalue weighted by molar-refractivity contribution is 5.77. The van der Waals surface area contributed by atoms with Gasteiger partial charge in [0.15, 0.2) is 0 Å². The van der Waals surface area contributed by atoms with Gasteiger partial charge in [-0.3, -0.25) is 0 Å². The van der Waals surface area contributed by atoms with Crippen LogP contribution in [0.2, 0.25) is 0 Å². The first kappa shape index (κ1) is 8.73. The van der Waals surface area contributed by atoms with Gasteiger partial charge in [0.25, 0.3) is 0 Å². The van der Waals surface area contributed by atoms with Gasteiger partial charge in [0.1, 0.15) is 0 Å². The summed E-state index contributed by atoms with van der Waals surface area (Å²) >= 11 is 0. The summed E-state index contributed by atoms with van der Waals surface area (Å²) in [5, 5.41) is 0. The Morgan fingerprint density at radius 3 is 3.00 bits per heavy atom. The van der Waals surface area contributed by atoms with Crippen LogP contribution >= 0.6 is 0 Å². The smallest absolute Gasteiger partial charge is 0.204 e. The molecule has 1 aromatic heterocycles. The van der Waals surface area contributed by atoms with Crippen LogP contribution in [0.1, 0.15) is 6.42 Å². The number of nitrogens with zero attached hydrogens (tertiary/aromatic N) is 2. The molecule has 2 heterocycles. The van der Waals surface area contributed by atoms with E-state index in [0.29, 0.717) is 12.6 Å². The van der Waals surface area contributed by atoms with E-state index in [1.807, 2.05) is 24.3 Å². The van der Waals surface area contributed by atoms with Crippen molar-refractivity contribution in [1.82, 2.24) is 9.97 Å². The van der Waals surface area contributed by atoms with E-state index >= 15 is 0 Å². The number of benzene rings is 1. The number of para-hydroxylation sites is 2. The maximum Gasteiger partial charge on any atom is 0.204 e. The fourth-order valence-corrected chi connectivity index (χ4v) is 2.04. The molecule has 4 nitrogen and oxygen atoms in total. The molecule has 1 aliphatic rings. The minimum atomic E-state index is 0.463. The van der Waals surface area contributed by atoms with Crippen LogP contribution < -0.4 is 10.6 Å². The number of H-pyrrole nitrogens is 1. The van der Waals surface area contributed by atoms with Gasteiger partial charge in [-0.15, -0.1) is 0 Å². The highest BCUT2D eigenvalue weighted by Crippen LogP contribution is 2.25. The topological polar surface area (TPSA) is 57.9 Å². The van der Waals surface area contributed by atoms with Gasteiger partial charge < -0.3 is 15.6 Å². The van der Waals surface area contributed by atoms with Crippen molar-refractivity contribution in [2.45, 2.75) is 12.5 Å². The minimum Gasteiger partial charge on any atom is -0.338 e. The van der Waals surface area contributed by atoms with E-state index in [0.717, 1.165) is 23.5 Å². The van der Waals surface area contributed by atoms with Crippen LogP contribution in [0.3, 0.4) is 0 Å². The summed E-state index contributed by atoms with van der Waals surface area (Å²) in [6.07, 6.45) is 1.17. The molecule has 0 bridgehead atoms. The summed E-state index contributed by atoms with van der Waals surface area (Å²) in [5.74, 6) is 0.956. The maximum atomic E-state index is 5.67. The van der Waals surface area contributed by atoms with Gasteiger partial charge in [-0.2, -0.15) is 0 Å². The molecular formula is C11H14N4. The van der Waals surface area contributed by atoms with Crippen LogP contribution in [0.5, 0.6) is 0 Å². The Hall–Kier alpha value is -1.55. The van der Waals surface area contributed by atoms with Gasteiger partial charge in [0.05, 0.1) is 11.0 Å². The van der Waals surface area contributed by atoms with E-state index in [1.165, 1.54) is 6.42 Å². The molecule has 4 heteroatoms. The monoisotopic (exact) mass is 202 g/mol. The zero-order valence-corrected chi connectivity index (χ0v) is 8.48. The normalized spacial score (nSPS) is 20.6. The molecule has 0 radical (unpaired) electrons. The molecule has 1 aliphatic heterocycles. The fraction of sp³-hybridized carbons (Fsp3) is 0.364. The number of hydrogen-bond donors (Lipinski definition) is 2. The van der Waals surface area contributed by atoms with Crippen molar-refractivity contribution >= 4 is 17.0 Å². The van der Waals surface area contributed by atoms with E-state index in [9.17, 15) is 0 Å². The standard InChI is InChI=1S/C11H14N4/c12-7-8-5-6-15(8)11-13-9-3-1-2-4-10(9)14-11/h1-4,8H,5-7,12H2,(H,13,14). The first-order valence-electron chi connectivity index (χ1n) is 5.30. The molecule has 0 aliphatic carbocycles. The molecule has 1 fully saturated rings. The van der Waals surface area contributed by atoms with E-state index in [1.54, 1.807) is 0 Å². The molecule has 2 aromatic rings. The molecule has 3 rings (SSSR count). The van der Waals surface area contributed by atoms with Gasteiger partial charge in [-0.05, 0) is 18.6 Å². The largest absolute Gasteiger partial charge is 0.338 e. The van der Waals surface area contributed by atoms with Crippen molar-refractivity contribution in [1.29, 1.82) is 0 Å². The molecule has 0 spiro atoms. The quantitative estimate of drug-likeness (QED) is 0.766. The number of nitrogens with one attached hydrogen (secondary N) is 1. The van der Waals surface area contributed by atoms with Gasteiger partial charge in [0, 0.05) is 19.1 Å². The van der Waals surface area contributed by atoms with Gasteiger partial charge in [-0.1, -0.05) is 12.1 Å². The Kier molecular flexibility index (Phi) is 1.89. The Balaban J connectivity index is 1.98. The van der Waals surface area contributed by atoms with Crippen LogP contribution in [0.4, 0.5) is 5.95 Å². The number of imidazole rings is 1. The van der Waals surface area contributed by atoms with Gasteiger partial charge in [-0.25, -0.2) is 4.98 Å². The lowest BCUT2D eigenvalue weighted by Gasteiger charge is -2.40. The third-order valence-corrected chi connectivity index (χ3v) is 3.07. The molecule has 0 amide bonds. The zero-order valence-electron chi connectivity index (χ0n) is 8.48. The van der Waals surface area contributed by atoms with Gasteiger partial charge in [0.2, 0.25) is 5.95 Å². The van der Waals surface area contributed by atoms with Gasteiger partial charge >= 0.3 is 0 Å². The second-order valence-electron chi connectivity index (χ2n) is 3.95. The molecule has 3 N–H and O–H groups in total. The van der Waals surface area contributed by atoms with Crippen molar-refractivity contribution in [2.24, 2.45) is 5.73 Å². The molecule has 1 unspecified atom stereocenters. The summed E-state index contributed by atoms with van der Waals surface area (Å²) in [6.45, 7) is 1.76. The van der Waals surface area contributed by atoms with Crippen molar-refractivity contribution in [3.05, 3.63) is 24.3 Å². The molecule has 78 valence electrons. The number of anilines is 1. The summed E-state index contributed by atoms with van der Waals surface area (Å²) in [6, 6.07) is 8.55. The molecule has 0 saturated carbocycles. The Morgan fingerprint density at radius 2 is 2.33 bits per heavy atom. The zero-order chi connectivity index (χ0) is 10.3. The van der Waals surface area contributed by atoms with Crippen LogP contribution in [-0.2, 0) is 0 Å². The number of aromatic amines is 1. The highest BCUT2D eigenvalue weighted by atomic mass is 15.3. The number of nitrogens with two attached hydrogens (primary N) is 1. The lowest BCUT2D eigenvalue weighted by Crippen LogP contribution is -2.52. The molecular weight excluding hydrogens is 188 g/mol. The average molecular weight is 202 g/mol.